The molecule has 0 aliphatic carbocycles. The van der Waals surface area contributed by atoms with Crippen LogP contribution in [0.2, 0.25) is 5.02 Å². The summed E-state index contributed by atoms with van der Waals surface area (Å²) in [4.78, 5) is 0. The Labute approximate surface area is 113 Å². The maximum absolute atomic E-state index is 6.04. The highest BCUT2D eigenvalue weighted by Crippen LogP contribution is 2.21. The number of nitrogens with zero attached hydrogens (tertiary/aromatic N) is 2. The van der Waals surface area contributed by atoms with Crippen molar-refractivity contribution in [1.29, 1.82) is 0 Å². The second kappa shape index (κ2) is 5.55. The van der Waals surface area contributed by atoms with Crippen LogP contribution in [0.1, 0.15) is 30.6 Å². The number of aryl methyl sites for hydroxylation is 1. The molecule has 2 aromatic rings. The van der Waals surface area contributed by atoms with Gasteiger partial charge in [-0.05, 0) is 38.1 Å². The molecule has 3 nitrogen and oxygen atoms in total. The number of aromatic nitrogens is 2. The summed E-state index contributed by atoms with van der Waals surface area (Å²) in [5.41, 5.74) is 3.15. The van der Waals surface area contributed by atoms with Crippen LogP contribution in [0.3, 0.4) is 0 Å². The molecule has 0 spiro atoms. The summed E-state index contributed by atoms with van der Waals surface area (Å²) in [6.07, 6.45) is 2.90. The molecule has 4 heteroatoms. The first-order valence-electron chi connectivity index (χ1n) is 6.15. The second-order valence-electron chi connectivity index (χ2n) is 4.35. The molecule has 0 amide bonds. The van der Waals surface area contributed by atoms with Crippen molar-refractivity contribution in [3.8, 4) is 5.69 Å². The third-order valence-corrected chi connectivity index (χ3v) is 3.50. The lowest BCUT2D eigenvalue weighted by molar-refractivity contribution is 0.576. The van der Waals surface area contributed by atoms with Crippen LogP contribution in [-0.4, -0.2) is 16.8 Å². The molecular formula is C14H18ClN3. The molecule has 1 unspecified atom stereocenters. The van der Waals surface area contributed by atoms with Crippen LogP contribution in [0.4, 0.5) is 0 Å². The van der Waals surface area contributed by atoms with Crippen molar-refractivity contribution in [2.75, 3.05) is 7.05 Å². The molecule has 0 aliphatic heterocycles. The van der Waals surface area contributed by atoms with Gasteiger partial charge in [0.2, 0.25) is 0 Å². The summed E-state index contributed by atoms with van der Waals surface area (Å²) in [7, 11) is 1.98. The second-order valence-corrected chi connectivity index (χ2v) is 4.76. The van der Waals surface area contributed by atoms with E-state index >= 15 is 0 Å². The minimum atomic E-state index is 0.372. The van der Waals surface area contributed by atoms with Crippen molar-refractivity contribution in [2.24, 2.45) is 0 Å². The van der Waals surface area contributed by atoms with Gasteiger partial charge in [0.25, 0.3) is 0 Å². The van der Waals surface area contributed by atoms with E-state index in [2.05, 4.69) is 35.5 Å². The highest BCUT2D eigenvalue weighted by molar-refractivity contribution is 6.31. The van der Waals surface area contributed by atoms with Gasteiger partial charge in [-0.25, -0.2) is 4.68 Å². The van der Waals surface area contributed by atoms with E-state index < -0.39 is 0 Å². The van der Waals surface area contributed by atoms with E-state index in [0.29, 0.717) is 11.1 Å². The van der Waals surface area contributed by atoms with Gasteiger partial charge in [0.15, 0.2) is 0 Å². The lowest BCUT2D eigenvalue weighted by Gasteiger charge is -2.15. The summed E-state index contributed by atoms with van der Waals surface area (Å²) in [6, 6.07) is 8.74. The van der Waals surface area contributed by atoms with E-state index in [1.807, 2.05) is 30.9 Å². The van der Waals surface area contributed by atoms with Gasteiger partial charge in [-0.1, -0.05) is 30.7 Å². The van der Waals surface area contributed by atoms with Gasteiger partial charge in [-0.3, -0.25) is 0 Å². The molecule has 0 saturated carbocycles. The van der Waals surface area contributed by atoms with Crippen molar-refractivity contribution >= 4 is 11.6 Å². The zero-order valence-corrected chi connectivity index (χ0v) is 11.7. The topological polar surface area (TPSA) is 29.9 Å². The third kappa shape index (κ3) is 2.57. The van der Waals surface area contributed by atoms with Crippen LogP contribution in [0, 0.1) is 6.92 Å². The molecule has 1 aromatic heterocycles. The van der Waals surface area contributed by atoms with E-state index in [1.165, 1.54) is 5.56 Å². The van der Waals surface area contributed by atoms with Crippen LogP contribution in [0.5, 0.6) is 0 Å². The lowest BCUT2D eigenvalue weighted by atomic mass is 10.0. The van der Waals surface area contributed by atoms with Crippen molar-refractivity contribution in [3.05, 3.63) is 46.7 Å². The van der Waals surface area contributed by atoms with Gasteiger partial charge >= 0.3 is 0 Å². The predicted octanol–water partition coefficient (Wildman–Crippen LogP) is 3.50. The normalized spacial score (nSPS) is 12.7. The van der Waals surface area contributed by atoms with E-state index in [-0.39, 0.29) is 0 Å². The maximum atomic E-state index is 6.04. The Bertz CT molecular complexity index is 510. The van der Waals surface area contributed by atoms with Crippen molar-refractivity contribution in [2.45, 2.75) is 26.3 Å². The molecule has 0 radical (unpaired) electrons. The van der Waals surface area contributed by atoms with Gasteiger partial charge in [0.05, 0.1) is 16.4 Å². The van der Waals surface area contributed by atoms with E-state index in [0.717, 1.165) is 17.8 Å². The fourth-order valence-corrected chi connectivity index (χ4v) is 2.19. The number of nitrogens with one attached hydrogen (secondary N) is 1. The van der Waals surface area contributed by atoms with Crippen LogP contribution in [-0.2, 0) is 0 Å². The van der Waals surface area contributed by atoms with E-state index in [4.69, 9.17) is 11.6 Å². The first-order chi connectivity index (χ1) is 8.65. The molecule has 1 heterocycles. The summed E-state index contributed by atoms with van der Waals surface area (Å²) in [5.74, 6) is 0. The number of hydrogen-bond donors (Lipinski definition) is 1. The molecule has 1 N–H and O–H groups in total. The summed E-state index contributed by atoms with van der Waals surface area (Å²) in [6.45, 7) is 4.08. The molecule has 0 bridgehead atoms. The maximum Gasteiger partial charge on any atom is 0.0819 e. The number of hydrogen-bond acceptors (Lipinski definition) is 2. The highest BCUT2D eigenvalue weighted by atomic mass is 35.5. The molecular weight excluding hydrogens is 246 g/mol. The first-order valence-corrected chi connectivity index (χ1v) is 6.53. The molecule has 1 aromatic carbocycles. The van der Waals surface area contributed by atoms with Crippen LogP contribution >= 0.6 is 11.6 Å². The molecule has 96 valence electrons. The first kappa shape index (κ1) is 13.1. The largest absolute Gasteiger partial charge is 0.313 e. The molecule has 0 fully saturated rings. The number of benzene rings is 1. The molecule has 0 aliphatic rings. The smallest absolute Gasteiger partial charge is 0.0819 e. The Morgan fingerprint density at radius 2 is 2.22 bits per heavy atom. The fraction of sp³-hybridized carbons (Fsp3) is 0.357. The van der Waals surface area contributed by atoms with Crippen LogP contribution in [0.25, 0.3) is 5.69 Å². The Kier molecular flexibility index (Phi) is 4.04. The predicted molar refractivity (Wildman–Crippen MR) is 75.4 cm³/mol. The minimum Gasteiger partial charge on any atom is -0.313 e. The Hall–Kier alpha value is -1.32. The zero-order chi connectivity index (χ0) is 13.1. The van der Waals surface area contributed by atoms with E-state index in [9.17, 15) is 0 Å². The Balaban J connectivity index is 2.37. The zero-order valence-electron chi connectivity index (χ0n) is 10.9. The van der Waals surface area contributed by atoms with Crippen molar-refractivity contribution < 1.29 is 0 Å². The lowest BCUT2D eigenvalue weighted by Crippen LogP contribution is -2.15. The molecule has 18 heavy (non-hydrogen) atoms. The average Bonchev–Trinajstić information content (AvgIpc) is 2.72. The Morgan fingerprint density at radius 3 is 2.78 bits per heavy atom. The quantitative estimate of drug-likeness (QED) is 0.915. The molecule has 1 atom stereocenters. The highest BCUT2D eigenvalue weighted by Gasteiger charge is 2.09. The van der Waals surface area contributed by atoms with Gasteiger partial charge in [0, 0.05) is 12.2 Å². The summed E-state index contributed by atoms with van der Waals surface area (Å²) < 4.78 is 1.82. The fourth-order valence-electron chi connectivity index (χ4n) is 2.06. The average molecular weight is 264 g/mol. The number of halogens is 1. The molecule has 0 saturated heterocycles. The standard InChI is InChI=1S/C14H18ClN3/c1-4-14(16-3)11-6-5-7-12(8-11)18-9-13(15)10(2)17-18/h5-9,14,16H,4H2,1-3H3. The van der Waals surface area contributed by atoms with Crippen molar-refractivity contribution in [1.82, 2.24) is 15.1 Å². The summed E-state index contributed by atoms with van der Waals surface area (Å²) >= 11 is 6.04. The molecule has 2 rings (SSSR count). The third-order valence-electron chi connectivity index (χ3n) is 3.13. The van der Waals surface area contributed by atoms with Gasteiger partial charge in [-0.15, -0.1) is 0 Å². The Morgan fingerprint density at radius 1 is 1.44 bits per heavy atom. The van der Waals surface area contributed by atoms with Crippen molar-refractivity contribution in [3.63, 3.8) is 0 Å². The van der Waals surface area contributed by atoms with Crippen LogP contribution < -0.4 is 5.32 Å². The van der Waals surface area contributed by atoms with Crippen LogP contribution in [0.15, 0.2) is 30.5 Å². The van der Waals surface area contributed by atoms with Gasteiger partial charge < -0.3 is 5.32 Å². The SMILES string of the molecule is CCC(NC)c1cccc(-n2cc(Cl)c(C)n2)c1. The number of rotatable bonds is 4. The van der Waals surface area contributed by atoms with Gasteiger partial charge in [0.1, 0.15) is 0 Å². The van der Waals surface area contributed by atoms with E-state index in [1.54, 1.807) is 0 Å². The summed E-state index contributed by atoms with van der Waals surface area (Å²) in [5, 5.41) is 8.40. The van der Waals surface area contributed by atoms with Gasteiger partial charge in [-0.2, -0.15) is 5.10 Å². The minimum absolute atomic E-state index is 0.372. The monoisotopic (exact) mass is 263 g/mol.